The van der Waals surface area contributed by atoms with Crippen LogP contribution in [0.3, 0.4) is 0 Å². The third-order valence-corrected chi connectivity index (χ3v) is 5.68. The summed E-state index contributed by atoms with van der Waals surface area (Å²) in [6.45, 7) is 4.21. The van der Waals surface area contributed by atoms with E-state index in [1.807, 2.05) is 13.8 Å². The van der Waals surface area contributed by atoms with Gasteiger partial charge in [0.15, 0.2) is 5.82 Å². The van der Waals surface area contributed by atoms with Crippen LogP contribution in [-0.4, -0.2) is 25.5 Å². The molecule has 2 aromatic heterocycles. The van der Waals surface area contributed by atoms with E-state index in [0.29, 0.717) is 32.4 Å². The van der Waals surface area contributed by atoms with Gasteiger partial charge in [-0.1, -0.05) is 29.3 Å². The summed E-state index contributed by atoms with van der Waals surface area (Å²) in [6.07, 6.45) is 1.86. The van der Waals surface area contributed by atoms with Crippen LogP contribution < -0.4 is 5.32 Å². The average molecular weight is 489 g/mol. The van der Waals surface area contributed by atoms with Gasteiger partial charge in [0.25, 0.3) is 0 Å². The Morgan fingerprint density at radius 2 is 2.04 bits per heavy atom. The molecule has 0 aliphatic rings. The number of aromatic nitrogens is 4. The molecular weight excluding hydrogens is 472 g/mol. The van der Waals surface area contributed by atoms with Crippen molar-refractivity contribution in [1.82, 2.24) is 19.6 Å². The van der Waals surface area contributed by atoms with Crippen LogP contribution in [-0.2, 0) is 17.9 Å². The van der Waals surface area contributed by atoms with E-state index in [4.69, 9.17) is 23.2 Å². The fraction of sp³-hybridized carbons (Fsp3) is 0.278. The maximum absolute atomic E-state index is 14.0. The predicted octanol–water partition coefficient (Wildman–Crippen LogP) is 4.98. The van der Waals surface area contributed by atoms with Crippen LogP contribution in [0.1, 0.15) is 23.4 Å². The number of hydrogen-bond acceptors (Lipinski definition) is 3. The van der Waals surface area contributed by atoms with Gasteiger partial charge in [-0.05, 0) is 41.9 Å². The maximum atomic E-state index is 14.0. The first-order valence-electron chi connectivity index (χ1n) is 8.41. The zero-order valence-electron chi connectivity index (χ0n) is 15.1. The maximum Gasteiger partial charge on any atom is 0.227 e. The number of anilines is 1. The van der Waals surface area contributed by atoms with E-state index >= 15 is 0 Å². The highest BCUT2D eigenvalue weighted by Crippen LogP contribution is 2.24. The van der Waals surface area contributed by atoms with Crippen molar-refractivity contribution in [2.75, 3.05) is 5.32 Å². The van der Waals surface area contributed by atoms with Crippen molar-refractivity contribution in [2.45, 2.75) is 33.4 Å². The summed E-state index contributed by atoms with van der Waals surface area (Å²) in [7, 11) is 0. The molecule has 0 unspecified atom stereocenters. The van der Waals surface area contributed by atoms with Gasteiger partial charge < -0.3 is 5.32 Å². The molecule has 0 saturated heterocycles. The zero-order valence-corrected chi connectivity index (χ0v) is 18.2. The number of hydrogen-bond donors (Lipinski definition) is 1. The lowest BCUT2D eigenvalue weighted by atomic mass is 10.2. The molecule has 0 bridgehead atoms. The first kappa shape index (κ1) is 20.8. The van der Waals surface area contributed by atoms with E-state index < -0.39 is 5.82 Å². The van der Waals surface area contributed by atoms with Crippen molar-refractivity contribution in [3.05, 3.63) is 61.7 Å². The van der Waals surface area contributed by atoms with Crippen LogP contribution in [0.4, 0.5) is 10.2 Å². The van der Waals surface area contributed by atoms with Crippen molar-refractivity contribution < 1.29 is 9.18 Å². The minimum atomic E-state index is -0.409. The molecule has 0 spiro atoms. The summed E-state index contributed by atoms with van der Waals surface area (Å²) in [5.41, 5.74) is 1.88. The highest BCUT2D eigenvalue weighted by Gasteiger charge is 2.15. The Kier molecular flexibility index (Phi) is 6.42. The normalized spacial score (nSPS) is 11.1. The fourth-order valence-corrected chi connectivity index (χ4v) is 3.48. The third-order valence-electron chi connectivity index (χ3n) is 4.20. The molecule has 0 fully saturated rings. The fourth-order valence-electron chi connectivity index (χ4n) is 2.70. The molecule has 1 amide bonds. The van der Waals surface area contributed by atoms with E-state index in [2.05, 4.69) is 31.4 Å². The molecular formula is C18H17BrCl2FN5O. The van der Waals surface area contributed by atoms with Gasteiger partial charge in [-0.15, -0.1) is 0 Å². The molecule has 0 radical (unpaired) electrons. The van der Waals surface area contributed by atoms with Gasteiger partial charge in [-0.2, -0.15) is 10.2 Å². The van der Waals surface area contributed by atoms with Crippen LogP contribution in [0.15, 0.2) is 28.9 Å². The first-order valence-corrected chi connectivity index (χ1v) is 9.96. The van der Waals surface area contributed by atoms with Crippen molar-refractivity contribution in [3.63, 3.8) is 0 Å². The van der Waals surface area contributed by atoms with Crippen molar-refractivity contribution in [2.24, 2.45) is 0 Å². The van der Waals surface area contributed by atoms with Crippen LogP contribution in [0.5, 0.6) is 0 Å². The number of amides is 1. The molecule has 1 N–H and O–H groups in total. The summed E-state index contributed by atoms with van der Waals surface area (Å²) in [6, 6.07) is 4.50. The van der Waals surface area contributed by atoms with Crippen molar-refractivity contribution in [1.29, 1.82) is 0 Å². The van der Waals surface area contributed by atoms with E-state index in [9.17, 15) is 9.18 Å². The van der Waals surface area contributed by atoms with Gasteiger partial charge in [-0.25, -0.2) is 4.39 Å². The van der Waals surface area contributed by atoms with Crippen LogP contribution in [0, 0.1) is 19.7 Å². The molecule has 0 aliphatic carbocycles. The Bertz CT molecular complexity index is 1010. The lowest BCUT2D eigenvalue weighted by molar-refractivity contribution is -0.116. The molecule has 6 nitrogen and oxygen atoms in total. The zero-order chi connectivity index (χ0) is 20.4. The van der Waals surface area contributed by atoms with E-state index in [-0.39, 0.29) is 18.9 Å². The average Bonchev–Trinajstić information content (AvgIpc) is 3.10. The summed E-state index contributed by atoms with van der Waals surface area (Å²) in [4.78, 5) is 12.3. The van der Waals surface area contributed by atoms with Gasteiger partial charge in [0.1, 0.15) is 5.82 Å². The largest absolute Gasteiger partial charge is 0.308 e. The Hall–Kier alpha value is -1.90. The number of nitrogens with one attached hydrogen (secondary N) is 1. The van der Waals surface area contributed by atoms with Crippen LogP contribution in [0.25, 0.3) is 0 Å². The monoisotopic (exact) mass is 487 g/mol. The summed E-state index contributed by atoms with van der Waals surface area (Å²) < 4.78 is 17.7. The van der Waals surface area contributed by atoms with Crippen LogP contribution in [0.2, 0.25) is 10.0 Å². The Labute approximate surface area is 179 Å². The Balaban J connectivity index is 1.64. The number of aryl methyl sites for hydroxylation is 2. The van der Waals surface area contributed by atoms with E-state index in [0.717, 1.165) is 11.4 Å². The Morgan fingerprint density at radius 3 is 2.68 bits per heavy atom. The highest BCUT2D eigenvalue weighted by molar-refractivity contribution is 9.10. The van der Waals surface area contributed by atoms with Crippen molar-refractivity contribution >= 4 is 50.9 Å². The molecule has 28 heavy (non-hydrogen) atoms. The van der Waals surface area contributed by atoms with E-state index in [1.165, 1.54) is 10.7 Å². The third kappa shape index (κ3) is 4.56. The Morgan fingerprint density at radius 1 is 1.29 bits per heavy atom. The number of benzene rings is 1. The van der Waals surface area contributed by atoms with Gasteiger partial charge in [0.2, 0.25) is 5.91 Å². The minimum absolute atomic E-state index is 0.143. The van der Waals surface area contributed by atoms with Gasteiger partial charge in [0, 0.05) is 23.2 Å². The number of rotatable bonds is 6. The first-order chi connectivity index (χ1) is 13.3. The minimum Gasteiger partial charge on any atom is -0.308 e. The lowest BCUT2D eigenvalue weighted by Gasteiger charge is -2.06. The summed E-state index contributed by atoms with van der Waals surface area (Å²) in [5.74, 6) is -0.282. The van der Waals surface area contributed by atoms with Gasteiger partial charge in [-0.3, -0.25) is 14.2 Å². The highest BCUT2D eigenvalue weighted by atomic mass is 79.9. The molecule has 0 aliphatic heterocycles. The number of carbonyl (C=O) groups excluding carboxylic acids is 1. The topological polar surface area (TPSA) is 64.7 Å². The van der Waals surface area contributed by atoms with Gasteiger partial charge >= 0.3 is 0 Å². The van der Waals surface area contributed by atoms with Crippen LogP contribution >= 0.6 is 39.1 Å². The molecule has 10 heteroatoms. The van der Waals surface area contributed by atoms with Crippen molar-refractivity contribution in [3.8, 4) is 0 Å². The molecule has 3 aromatic rings. The SMILES string of the molecule is Cc1nn(CCC(=O)Nc2nn(Cc3c(F)cccc3Cl)cc2Br)c(C)c1Cl. The second-order valence-electron chi connectivity index (χ2n) is 6.23. The quantitative estimate of drug-likeness (QED) is 0.532. The summed E-state index contributed by atoms with van der Waals surface area (Å²) in [5, 5.41) is 12.3. The predicted molar refractivity (Wildman–Crippen MR) is 110 cm³/mol. The molecule has 3 rings (SSSR count). The number of carbonyl (C=O) groups is 1. The molecule has 0 atom stereocenters. The smallest absolute Gasteiger partial charge is 0.227 e. The lowest BCUT2D eigenvalue weighted by Crippen LogP contribution is -2.16. The number of halogens is 4. The second-order valence-corrected chi connectivity index (χ2v) is 7.87. The molecule has 148 valence electrons. The second kappa shape index (κ2) is 8.63. The molecule has 0 saturated carbocycles. The standard InChI is InChI=1S/C18H17BrCl2FN5O/c1-10-17(21)11(2)27(24-10)7-6-16(28)23-18-13(19)9-26(25-18)8-12-14(20)4-3-5-15(12)22/h3-5,9H,6-8H2,1-2H3,(H,23,25,28). The summed E-state index contributed by atoms with van der Waals surface area (Å²) >= 11 is 15.5. The van der Waals surface area contributed by atoms with Gasteiger partial charge in [0.05, 0.1) is 34.0 Å². The molecule has 1 aromatic carbocycles. The molecule has 2 heterocycles. The van der Waals surface area contributed by atoms with E-state index in [1.54, 1.807) is 23.0 Å². The number of nitrogens with zero attached hydrogens (tertiary/aromatic N) is 4.